The summed E-state index contributed by atoms with van der Waals surface area (Å²) in [5.74, 6) is -1.10. The van der Waals surface area contributed by atoms with E-state index in [-0.39, 0.29) is 18.7 Å². The molecule has 0 aromatic rings. The Balaban J connectivity index is 1.98. The van der Waals surface area contributed by atoms with E-state index in [9.17, 15) is 9.59 Å². The van der Waals surface area contributed by atoms with Crippen LogP contribution in [0.2, 0.25) is 0 Å². The van der Waals surface area contributed by atoms with Crippen molar-refractivity contribution in [3.63, 3.8) is 0 Å². The van der Waals surface area contributed by atoms with Gasteiger partial charge in [0.15, 0.2) is 0 Å². The van der Waals surface area contributed by atoms with Gasteiger partial charge >= 0.3 is 5.97 Å². The molecule has 1 saturated heterocycles. The topological polar surface area (TPSA) is 72.9 Å². The second kappa shape index (κ2) is 8.05. The van der Waals surface area contributed by atoms with E-state index in [0.29, 0.717) is 6.54 Å². The molecular weight excluding hydrogens is 234 g/mol. The van der Waals surface area contributed by atoms with Gasteiger partial charge in [-0.2, -0.15) is 0 Å². The van der Waals surface area contributed by atoms with Crippen molar-refractivity contribution in [3.05, 3.63) is 0 Å². The second-order valence-electron chi connectivity index (χ2n) is 4.74. The highest BCUT2D eigenvalue weighted by molar-refractivity contribution is 5.80. The van der Waals surface area contributed by atoms with Crippen LogP contribution in [0.5, 0.6) is 0 Å². The third-order valence-corrected chi connectivity index (χ3v) is 3.14. The predicted molar refractivity (Wildman–Crippen MR) is 68.4 cm³/mol. The zero-order valence-electron chi connectivity index (χ0n) is 11.0. The van der Waals surface area contributed by atoms with Crippen molar-refractivity contribution in [2.24, 2.45) is 0 Å². The van der Waals surface area contributed by atoms with Gasteiger partial charge in [-0.3, -0.25) is 9.59 Å². The fourth-order valence-corrected chi connectivity index (χ4v) is 1.91. The van der Waals surface area contributed by atoms with Gasteiger partial charge in [0.1, 0.15) is 0 Å². The maximum absolute atomic E-state index is 11.2. The summed E-state index contributed by atoms with van der Waals surface area (Å²) in [7, 11) is 2.13. The van der Waals surface area contributed by atoms with E-state index in [2.05, 4.69) is 22.2 Å². The molecule has 0 radical (unpaired) electrons. The van der Waals surface area contributed by atoms with E-state index < -0.39 is 5.97 Å². The molecule has 1 heterocycles. The van der Waals surface area contributed by atoms with Gasteiger partial charge in [-0.25, -0.2) is 0 Å². The molecule has 6 nitrogen and oxygen atoms in total. The first-order chi connectivity index (χ1) is 8.58. The number of rotatable bonds is 7. The van der Waals surface area contributed by atoms with E-state index in [4.69, 9.17) is 5.11 Å². The van der Waals surface area contributed by atoms with Gasteiger partial charge in [0.2, 0.25) is 5.91 Å². The van der Waals surface area contributed by atoms with Crippen molar-refractivity contribution >= 4 is 11.9 Å². The van der Waals surface area contributed by atoms with Crippen LogP contribution in [-0.4, -0.2) is 73.1 Å². The van der Waals surface area contributed by atoms with E-state index in [1.165, 1.54) is 0 Å². The lowest BCUT2D eigenvalue weighted by molar-refractivity contribution is -0.138. The monoisotopic (exact) mass is 257 g/mol. The Labute approximate surface area is 108 Å². The van der Waals surface area contributed by atoms with Crippen LogP contribution in [0.15, 0.2) is 0 Å². The number of carboxylic acids is 1. The number of carbonyl (C=O) groups is 2. The maximum Gasteiger partial charge on any atom is 0.303 e. The minimum Gasteiger partial charge on any atom is -0.481 e. The molecule has 0 bridgehead atoms. The Bertz CT molecular complexity index is 276. The fourth-order valence-electron chi connectivity index (χ4n) is 1.91. The summed E-state index contributed by atoms with van der Waals surface area (Å²) in [6.45, 7) is 6.00. The lowest BCUT2D eigenvalue weighted by Crippen LogP contribution is -2.45. The normalized spacial score (nSPS) is 17.6. The molecule has 0 aromatic heterocycles. The average Bonchev–Trinajstić information content (AvgIpc) is 2.34. The third kappa shape index (κ3) is 6.56. The van der Waals surface area contributed by atoms with Crippen LogP contribution in [0.25, 0.3) is 0 Å². The number of hydrogen-bond acceptors (Lipinski definition) is 4. The Hall–Kier alpha value is -1.14. The summed E-state index contributed by atoms with van der Waals surface area (Å²) in [6, 6.07) is 0. The minimum absolute atomic E-state index is 0.0733. The second-order valence-corrected chi connectivity index (χ2v) is 4.74. The van der Waals surface area contributed by atoms with Gasteiger partial charge < -0.3 is 20.2 Å². The van der Waals surface area contributed by atoms with Crippen LogP contribution in [0.1, 0.15) is 19.3 Å². The number of aliphatic carboxylic acids is 1. The molecule has 1 rings (SSSR count). The van der Waals surface area contributed by atoms with E-state index in [1.54, 1.807) is 0 Å². The number of nitrogens with zero attached hydrogens (tertiary/aromatic N) is 2. The van der Waals surface area contributed by atoms with Gasteiger partial charge in [-0.05, 0) is 20.0 Å². The minimum atomic E-state index is -0.928. The summed E-state index contributed by atoms with van der Waals surface area (Å²) in [5, 5.41) is 11.2. The van der Waals surface area contributed by atoms with E-state index in [0.717, 1.165) is 39.1 Å². The van der Waals surface area contributed by atoms with Crippen molar-refractivity contribution in [1.82, 2.24) is 15.1 Å². The molecule has 1 aliphatic heterocycles. The lowest BCUT2D eigenvalue weighted by atomic mass is 10.3. The molecule has 0 unspecified atom stereocenters. The standard InChI is InChI=1S/C12H23N3O3/c1-14-7-9-15(10-8-14)6-2-5-13-11(16)3-4-12(17)18/h2-10H2,1H3,(H,13,16)(H,17,18). The zero-order chi connectivity index (χ0) is 13.4. The number of amides is 1. The first-order valence-electron chi connectivity index (χ1n) is 6.47. The molecule has 1 aliphatic rings. The number of nitrogens with one attached hydrogen (secondary N) is 1. The van der Waals surface area contributed by atoms with Crippen LogP contribution < -0.4 is 5.32 Å². The Morgan fingerprint density at radius 1 is 1.17 bits per heavy atom. The van der Waals surface area contributed by atoms with E-state index in [1.807, 2.05) is 0 Å². The highest BCUT2D eigenvalue weighted by atomic mass is 16.4. The summed E-state index contributed by atoms with van der Waals surface area (Å²) >= 11 is 0. The van der Waals surface area contributed by atoms with Crippen LogP contribution in [0.3, 0.4) is 0 Å². The van der Waals surface area contributed by atoms with Crippen molar-refractivity contribution in [2.75, 3.05) is 46.3 Å². The summed E-state index contributed by atoms with van der Waals surface area (Å²) in [6.07, 6.45) is 0.899. The predicted octanol–water partition coefficient (Wildman–Crippen LogP) is -0.395. The van der Waals surface area contributed by atoms with Crippen molar-refractivity contribution in [2.45, 2.75) is 19.3 Å². The molecule has 6 heteroatoms. The number of piperazine rings is 1. The highest BCUT2D eigenvalue weighted by Crippen LogP contribution is 1.99. The van der Waals surface area contributed by atoms with Crippen LogP contribution in [0.4, 0.5) is 0 Å². The molecule has 18 heavy (non-hydrogen) atoms. The van der Waals surface area contributed by atoms with Gasteiger partial charge in [0, 0.05) is 39.1 Å². The third-order valence-electron chi connectivity index (χ3n) is 3.14. The number of likely N-dealkylation sites (N-methyl/N-ethyl adjacent to an activating group) is 1. The van der Waals surface area contributed by atoms with Gasteiger partial charge in [-0.15, -0.1) is 0 Å². The summed E-state index contributed by atoms with van der Waals surface area (Å²) < 4.78 is 0. The van der Waals surface area contributed by atoms with Gasteiger partial charge in [-0.1, -0.05) is 0 Å². The zero-order valence-corrected chi connectivity index (χ0v) is 11.0. The molecule has 0 spiro atoms. The van der Waals surface area contributed by atoms with Crippen LogP contribution >= 0.6 is 0 Å². The molecule has 0 atom stereocenters. The average molecular weight is 257 g/mol. The molecule has 0 saturated carbocycles. The summed E-state index contributed by atoms with van der Waals surface area (Å²) in [4.78, 5) is 26.2. The number of hydrogen-bond donors (Lipinski definition) is 2. The quantitative estimate of drug-likeness (QED) is 0.607. The number of carboxylic acid groups (broad SMARTS) is 1. The Morgan fingerprint density at radius 2 is 1.83 bits per heavy atom. The number of carbonyl (C=O) groups excluding carboxylic acids is 1. The van der Waals surface area contributed by atoms with Crippen molar-refractivity contribution in [1.29, 1.82) is 0 Å². The summed E-state index contributed by atoms with van der Waals surface area (Å²) in [5.41, 5.74) is 0. The highest BCUT2D eigenvalue weighted by Gasteiger charge is 2.12. The molecule has 1 amide bonds. The molecule has 2 N–H and O–H groups in total. The maximum atomic E-state index is 11.2. The lowest BCUT2D eigenvalue weighted by Gasteiger charge is -2.32. The molecular formula is C12H23N3O3. The Morgan fingerprint density at radius 3 is 2.44 bits per heavy atom. The first-order valence-corrected chi connectivity index (χ1v) is 6.47. The van der Waals surface area contributed by atoms with Crippen LogP contribution in [0, 0.1) is 0 Å². The van der Waals surface area contributed by atoms with Gasteiger partial charge in [0.05, 0.1) is 6.42 Å². The van der Waals surface area contributed by atoms with E-state index >= 15 is 0 Å². The van der Waals surface area contributed by atoms with Crippen molar-refractivity contribution < 1.29 is 14.7 Å². The largest absolute Gasteiger partial charge is 0.481 e. The molecule has 104 valence electrons. The smallest absolute Gasteiger partial charge is 0.303 e. The Kier molecular flexibility index (Phi) is 6.67. The molecule has 0 aliphatic carbocycles. The van der Waals surface area contributed by atoms with Crippen LogP contribution in [-0.2, 0) is 9.59 Å². The molecule has 0 aromatic carbocycles. The van der Waals surface area contributed by atoms with Gasteiger partial charge in [0.25, 0.3) is 0 Å². The first kappa shape index (κ1) is 14.9. The molecule has 1 fully saturated rings. The van der Waals surface area contributed by atoms with Crippen molar-refractivity contribution in [3.8, 4) is 0 Å². The SMILES string of the molecule is CN1CCN(CCCNC(=O)CCC(=O)O)CC1. The fraction of sp³-hybridized carbons (Fsp3) is 0.833.